The molecule has 100 valence electrons. The van der Waals surface area contributed by atoms with Crippen LogP contribution in [0.25, 0.3) is 0 Å². The van der Waals surface area contributed by atoms with E-state index in [4.69, 9.17) is 9.47 Å². The van der Waals surface area contributed by atoms with Crippen LogP contribution in [-0.2, 0) is 4.74 Å². The van der Waals surface area contributed by atoms with Crippen molar-refractivity contribution in [2.45, 2.75) is 13.3 Å². The van der Waals surface area contributed by atoms with Crippen LogP contribution in [0.3, 0.4) is 0 Å². The summed E-state index contributed by atoms with van der Waals surface area (Å²) < 4.78 is 10.5. The van der Waals surface area contributed by atoms with Gasteiger partial charge >= 0.3 is 5.97 Å². The highest BCUT2D eigenvalue weighted by Gasteiger charge is 2.05. The standard InChI is InChI=1S/C14H21NO3/c1-4-17-14(16)12-6-8-13(9-7-12)18-11-5-10-15(2)3/h6-9H,4-5,10-11H2,1-3H3. The molecule has 1 aromatic carbocycles. The first-order valence-corrected chi connectivity index (χ1v) is 6.18. The molecule has 0 atom stereocenters. The Hall–Kier alpha value is -1.55. The van der Waals surface area contributed by atoms with E-state index in [1.165, 1.54) is 0 Å². The lowest BCUT2D eigenvalue weighted by Crippen LogP contribution is -2.15. The van der Waals surface area contributed by atoms with Gasteiger partial charge in [-0.1, -0.05) is 0 Å². The second kappa shape index (κ2) is 7.71. The Bertz CT molecular complexity index is 360. The lowest BCUT2D eigenvalue weighted by molar-refractivity contribution is 0.0526. The maximum Gasteiger partial charge on any atom is 0.338 e. The first-order chi connectivity index (χ1) is 8.63. The molecule has 0 heterocycles. The van der Waals surface area contributed by atoms with Gasteiger partial charge in [0.1, 0.15) is 5.75 Å². The van der Waals surface area contributed by atoms with Crippen LogP contribution < -0.4 is 4.74 Å². The summed E-state index contributed by atoms with van der Waals surface area (Å²) >= 11 is 0. The minimum Gasteiger partial charge on any atom is -0.494 e. The van der Waals surface area contributed by atoms with Gasteiger partial charge in [-0.05, 0) is 51.7 Å². The largest absolute Gasteiger partial charge is 0.494 e. The Morgan fingerprint density at radius 2 is 1.89 bits per heavy atom. The Morgan fingerprint density at radius 3 is 2.44 bits per heavy atom. The molecule has 1 aromatic rings. The number of hydrogen-bond acceptors (Lipinski definition) is 4. The molecule has 0 radical (unpaired) electrons. The van der Waals surface area contributed by atoms with Crippen molar-refractivity contribution in [2.24, 2.45) is 0 Å². The summed E-state index contributed by atoms with van der Waals surface area (Å²) in [5.74, 6) is 0.485. The van der Waals surface area contributed by atoms with Crippen LogP contribution in [0.4, 0.5) is 0 Å². The van der Waals surface area contributed by atoms with E-state index in [2.05, 4.69) is 4.90 Å². The van der Waals surface area contributed by atoms with Gasteiger partial charge in [0.2, 0.25) is 0 Å². The van der Waals surface area contributed by atoms with Crippen LogP contribution >= 0.6 is 0 Å². The SMILES string of the molecule is CCOC(=O)c1ccc(OCCCN(C)C)cc1. The van der Waals surface area contributed by atoms with Gasteiger partial charge in [0.15, 0.2) is 0 Å². The normalized spacial score (nSPS) is 10.4. The zero-order chi connectivity index (χ0) is 13.4. The molecule has 0 unspecified atom stereocenters. The molecule has 0 amide bonds. The lowest BCUT2D eigenvalue weighted by atomic mass is 10.2. The van der Waals surface area contributed by atoms with Crippen LogP contribution in [0.1, 0.15) is 23.7 Å². The quantitative estimate of drug-likeness (QED) is 0.550. The number of hydrogen-bond donors (Lipinski definition) is 0. The van der Waals surface area contributed by atoms with Crippen molar-refractivity contribution in [1.82, 2.24) is 4.90 Å². The van der Waals surface area contributed by atoms with E-state index in [0.717, 1.165) is 18.7 Å². The van der Waals surface area contributed by atoms with Crippen molar-refractivity contribution >= 4 is 5.97 Å². The van der Waals surface area contributed by atoms with Crippen molar-refractivity contribution in [3.63, 3.8) is 0 Å². The molecule has 4 heteroatoms. The Labute approximate surface area is 108 Å². The van der Waals surface area contributed by atoms with E-state index in [-0.39, 0.29) is 5.97 Å². The highest BCUT2D eigenvalue weighted by molar-refractivity contribution is 5.89. The third-order valence-electron chi connectivity index (χ3n) is 2.38. The number of nitrogens with zero attached hydrogens (tertiary/aromatic N) is 1. The number of esters is 1. The van der Waals surface area contributed by atoms with E-state index in [0.29, 0.717) is 18.8 Å². The third-order valence-corrected chi connectivity index (χ3v) is 2.38. The van der Waals surface area contributed by atoms with Gasteiger partial charge in [0.25, 0.3) is 0 Å². The van der Waals surface area contributed by atoms with Gasteiger partial charge in [-0.2, -0.15) is 0 Å². The molecule has 0 saturated carbocycles. The molecule has 0 fully saturated rings. The molecule has 0 saturated heterocycles. The lowest BCUT2D eigenvalue weighted by Gasteiger charge is -2.10. The van der Waals surface area contributed by atoms with Gasteiger partial charge in [0, 0.05) is 6.54 Å². The molecular formula is C14H21NO3. The highest BCUT2D eigenvalue weighted by Crippen LogP contribution is 2.13. The van der Waals surface area contributed by atoms with E-state index >= 15 is 0 Å². The molecule has 4 nitrogen and oxygen atoms in total. The zero-order valence-corrected chi connectivity index (χ0v) is 11.3. The van der Waals surface area contributed by atoms with E-state index in [1.54, 1.807) is 31.2 Å². The highest BCUT2D eigenvalue weighted by atomic mass is 16.5. The van der Waals surface area contributed by atoms with E-state index < -0.39 is 0 Å². The Balaban J connectivity index is 2.38. The van der Waals surface area contributed by atoms with Crippen LogP contribution in [0.2, 0.25) is 0 Å². The van der Waals surface area contributed by atoms with Gasteiger partial charge in [-0.25, -0.2) is 4.79 Å². The van der Waals surface area contributed by atoms with Crippen LogP contribution in [-0.4, -0.2) is 44.7 Å². The van der Waals surface area contributed by atoms with Gasteiger partial charge in [0.05, 0.1) is 18.8 Å². The summed E-state index contributed by atoms with van der Waals surface area (Å²) in [6.45, 7) is 3.86. The van der Waals surface area contributed by atoms with E-state index in [9.17, 15) is 4.79 Å². The zero-order valence-electron chi connectivity index (χ0n) is 11.3. The molecule has 18 heavy (non-hydrogen) atoms. The third kappa shape index (κ3) is 5.19. The minimum atomic E-state index is -0.295. The fourth-order valence-electron chi connectivity index (χ4n) is 1.47. The monoisotopic (exact) mass is 251 g/mol. The molecule has 0 spiro atoms. The fourth-order valence-corrected chi connectivity index (χ4v) is 1.47. The molecule has 0 bridgehead atoms. The maximum atomic E-state index is 11.4. The molecular weight excluding hydrogens is 230 g/mol. The Kier molecular flexibility index (Phi) is 6.22. The summed E-state index contributed by atoms with van der Waals surface area (Å²) in [5.41, 5.74) is 0.553. The first kappa shape index (κ1) is 14.5. The number of rotatable bonds is 7. The molecule has 0 aliphatic carbocycles. The van der Waals surface area contributed by atoms with Gasteiger partial charge in [-0.15, -0.1) is 0 Å². The number of benzene rings is 1. The second-order valence-corrected chi connectivity index (χ2v) is 4.25. The molecule has 0 aliphatic rings. The molecule has 0 N–H and O–H groups in total. The summed E-state index contributed by atoms with van der Waals surface area (Å²) in [4.78, 5) is 13.5. The van der Waals surface area contributed by atoms with Crippen LogP contribution in [0.15, 0.2) is 24.3 Å². The summed E-state index contributed by atoms with van der Waals surface area (Å²) in [6.07, 6.45) is 0.979. The first-order valence-electron chi connectivity index (χ1n) is 6.18. The molecule has 0 aliphatic heterocycles. The summed E-state index contributed by atoms with van der Waals surface area (Å²) in [7, 11) is 4.07. The second-order valence-electron chi connectivity index (χ2n) is 4.25. The predicted molar refractivity (Wildman–Crippen MR) is 71.1 cm³/mol. The maximum absolute atomic E-state index is 11.4. The summed E-state index contributed by atoms with van der Waals surface area (Å²) in [5, 5.41) is 0. The van der Waals surface area contributed by atoms with Gasteiger partial charge < -0.3 is 14.4 Å². The smallest absolute Gasteiger partial charge is 0.338 e. The van der Waals surface area contributed by atoms with Crippen molar-refractivity contribution < 1.29 is 14.3 Å². The minimum absolute atomic E-state index is 0.295. The molecule has 0 aromatic heterocycles. The fraction of sp³-hybridized carbons (Fsp3) is 0.500. The number of carbonyl (C=O) groups excluding carboxylic acids is 1. The number of carbonyl (C=O) groups is 1. The van der Waals surface area contributed by atoms with Crippen molar-refractivity contribution in [2.75, 3.05) is 33.9 Å². The Morgan fingerprint density at radius 1 is 1.22 bits per heavy atom. The van der Waals surface area contributed by atoms with Crippen molar-refractivity contribution in [3.05, 3.63) is 29.8 Å². The van der Waals surface area contributed by atoms with Crippen molar-refractivity contribution in [1.29, 1.82) is 0 Å². The number of ether oxygens (including phenoxy) is 2. The average molecular weight is 251 g/mol. The van der Waals surface area contributed by atoms with Crippen molar-refractivity contribution in [3.8, 4) is 5.75 Å². The van der Waals surface area contributed by atoms with Crippen LogP contribution in [0.5, 0.6) is 5.75 Å². The van der Waals surface area contributed by atoms with Gasteiger partial charge in [-0.3, -0.25) is 0 Å². The summed E-state index contributed by atoms with van der Waals surface area (Å²) in [6, 6.07) is 7.03. The predicted octanol–water partition coefficient (Wildman–Crippen LogP) is 2.19. The van der Waals surface area contributed by atoms with E-state index in [1.807, 2.05) is 14.1 Å². The molecule has 1 rings (SSSR count). The average Bonchev–Trinajstić information content (AvgIpc) is 2.35. The topological polar surface area (TPSA) is 38.8 Å². The van der Waals surface area contributed by atoms with Crippen LogP contribution in [0, 0.1) is 0 Å².